The number of nitrogens with zero attached hydrogens (tertiary/aromatic N) is 2. The van der Waals surface area contributed by atoms with E-state index in [0.29, 0.717) is 12.2 Å². The van der Waals surface area contributed by atoms with Gasteiger partial charge in [-0.2, -0.15) is 0 Å². The van der Waals surface area contributed by atoms with Crippen LogP contribution in [0, 0.1) is 0 Å². The van der Waals surface area contributed by atoms with Crippen LogP contribution < -0.4 is 4.90 Å². The number of hydrogen-bond acceptors (Lipinski definition) is 4. The number of para-hydroxylation sites is 1. The van der Waals surface area contributed by atoms with Crippen LogP contribution in [0.4, 0.5) is 5.69 Å². The monoisotopic (exact) mass is 374 g/mol. The van der Waals surface area contributed by atoms with Gasteiger partial charge in [0.05, 0.1) is 12.2 Å². The molecule has 0 spiro atoms. The maximum Gasteiger partial charge on any atom is 0.338 e. The van der Waals surface area contributed by atoms with E-state index in [0.717, 1.165) is 49.9 Å². The third kappa shape index (κ3) is 4.52. The second-order valence-electron chi connectivity index (χ2n) is 7.22. The van der Waals surface area contributed by atoms with Crippen LogP contribution >= 0.6 is 0 Å². The number of benzene rings is 3. The molecular formula is C24H26N2O2. The zero-order valence-electron chi connectivity index (χ0n) is 16.1. The zero-order chi connectivity index (χ0) is 19.2. The average molecular weight is 374 g/mol. The van der Waals surface area contributed by atoms with Gasteiger partial charge in [-0.15, -0.1) is 0 Å². The van der Waals surface area contributed by atoms with Crippen molar-refractivity contribution in [3.63, 3.8) is 0 Å². The first-order valence-electron chi connectivity index (χ1n) is 9.98. The van der Waals surface area contributed by atoms with Gasteiger partial charge in [-0.25, -0.2) is 4.79 Å². The Kier molecular flexibility index (Phi) is 5.88. The quantitative estimate of drug-likeness (QED) is 0.478. The van der Waals surface area contributed by atoms with Crippen LogP contribution in [0.5, 0.6) is 0 Å². The van der Waals surface area contributed by atoms with Gasteiger partial charge in [0.2, 0.25) is 0 Å². The Bertz CT molecular complexity index is 918. The van der Waals surface area contributed by atoms with Crippen LogP contribution in [0.25, 0.3) is 10.8 Å². The summed E-state index contributed by atoms with van der Waals surface area (Å²) in [4.78, 5) is 17.2. The summed E-state index contributed by atoms with van der Waals surface area (Å²) in [6.07, 6.45) is 0.866. The van der Waals surface area contributed by atoms with Gasteiger partial charge in [0.25, 0.3) is 0 Å². The summed E-state index contributed by atoms with van der Waals surface area (Å²) in [5, 5.41) is 2.20. The first kappa shape index (κ1) is 18.5. The SMILES string of the molecule is O=C(OCCCN1CCN(c2ccccc2)CC1)c1ccc2ccccc2c1. The number of rotatable bonds is 6. The lowest BCUT2D eigenvalue weighted by Crippen LogP contribution is -2.46. The van der Waals surface area contributed by atoms with Crippen molar-refractivity contribution in [1.82, 2.24) is 4.90 Å². The largest absolute Gasteiger partial charge is 0.462 e. The minimum atomic E-state index is -0.236. The maximum atomic E-state index is 12.3. The van der Waals surface area contributed by atoms with Crippen LogP contribution in [0.15, 0.2) is 72.8 Å². The molecular weight excluding hydrogens is 348 g/mol. The van der Waals surface area contributed by atoms with Gasteiger partial charge in [0.15, 0.2) is 0 Å². The summed E-state index contributed by atoms with van der Waals surface area (Å²) < 4.78 is 5.48. The van der Waals surface area contributed by atoms with Crippen LogP contribution in [0.1, 0.15) is 16.8 Å². The van der Waals surface area contributed by atoms with Crippen molar-refractivity contribution in [1.29, 1.82) is 0 Å². The second-order valence-corrected chi connectivity index (χ2v) is 7.22. The molecule has 3 aromatic carbocycles. The van der Waals surface area contributed by atoms with Crippen LogP contribution in [0.3, 0.4) is 0 Å². The highest BCUT2D eigenvalue weighted by molar-refractivity contribution is 5.95. The Hall–Kier alpha value is -2.85. The predicted molar refractivity (Wildman–Crippen MR) is 114 cm³/mol. The van der Waals surface area contributed by atoms with Crippen molar-refractivity contribution in [2.45, 2.75) is 6.42 Å². The minimum absolute atomic E-state index is 0.236. The Morgan fingerprint density at radius 2 is 1.54 bits per heavy atom. The lowest BCUT2D eigenvalue weighted by Gasteiger charge is -2.36. The second kappa shape index (κ2) is 8.89. The fraction of sp³-hybridized carbons (Fsp3) is 0.292. The molecule has 3 aromatic rings. The van der Waals surface area contributed by atoms with E-state index in [2.05, 4.69) is 40.1 Å². The molecule has 0 radical (unpaired) electrons. The molecule has 28 heavy (non-hydrogen) atoms. The lowest BCUT2D eigenvalue weighted by molar-refractivity contribution is 0.0487. The van der Waals surface area contributed by atoms with Gasteiger partial charge in [-0.3, -0.25) is 4.90 Å². The number of esters is 1. The highest BCUT2D eigenvalue weighted by Crippen LogP contribution is 2.17. The molecule has 1 aliphatic rings. The summed E-state index contributed by atoms with van der Waals surface area (Å²) in [5.74, 6) is -0.236. The standard InChI is InChI=1S/C24H26N2O2/c27-24(22-12-11-20-7-4-5-8-21(20)19-22)28-18-6-13-25-14-16-26(17-15-25)23-9-2-1-3-10-23/h1-5,7-12,19H,6,13-18H2. The Labute approximate surface area is 166 Å². The van der Waals surface area contributed by atoms with Crippen molar-refractivity contribution < 1.29 is 9.53 Å². The molecule has 0 atom stereocenters. The summed E-state index contributed by atoms with van der Waals surface area (Å²) in [7, 11) is 0. The van der Waals surface area contributed by atoms with E-state index in [1.807, 2.05) is 42.5 Å². The van der Waals surface area contributed by atoms with Gasteiger partial charge in [0.1, 0.15) is 0 Å². The van der Waals surface area contributed by atoms with E-state index in [9.17, 15) is 4.79 Å². The predicted octanol–water partition coefficient (Wildman–Crippen LogP) is 4.21. The molecule has 1 saturated heterocycles. The zero-order valence-corrected chi connectivity index (χ0v) is 16.1. The molecule has 4 rings (SSSR count). The highest BCUT2D eigenvalue weighted by Gasteiger charge is 2.16. The highest BCUT2D eigenvalue weighted by atomic mass is 16.5. The van der Waals surface area contributed by atoms with Gasteiger partial charge < -0.3 is 9.64 Å². The van der Waals surface area contributed by atoms with Gasteiger partial charge >= 0.3 is 5.97 Å². The molecule has 0 aliphatic carbocycles. The number of fused-ring (bicyclic) bond motifs is 1. The van der Waals surface area contributed by atoms with E-state index >= 15 is 0 Å². The fourth-order valence-electron chi connectivity index (χ4n) is 3.72. The Morgan fingerprint density at radius 1 is 0.821 bits per heavy atom. The van der Waals surface area contributed by atoms with Crippen molar-refractivity contribution in [2.75, 3.05) is 44.2 Å². The van der Waals surface area contributed by atoms with Crippen molar-refractivity contribution in [3.8, 4) is 0 Å². The number of ether oxygens (including phenoxy) is 1. The van der Waals surface area contributed by atoms with Crippen LogP contribution in [-0.2, 0) is 4.74 Å². The molecule has 1 fully saturated rings. The Morgan fingerprint density at radius 3 is 2.32 bits per heavy atom. The summed E-state index contributed by atoms with van der Waals surface area (Å²) in [5.41, 5.74) is 1.92. The van der Waals surface area contributed by atoms with E-state index in [-0.39, 0.29) is 5.97 Å². The van der Waals surface area contributed by atoms with E-state index in [4.69, 9.17) is 4.74 Å². The Balaban J connectivity index is 1.19. The lowest BCUT2D eigenvalue weighted by atomic mass is 10.1. The number of piperazine rings is 1. The number of carbonyl (C=O) groups excluding carboxylic acids is 1. The average Bonchev–Trinajstić information content (AvgIpc) is 2.77. The third-order valence-corrected chi connectivity index (χ3v) is 5.33. The molecule has 0 bridgehead atoms. The molecule has 4 nitrogen and oxygen atoms in total. The fourth-order valence-corrected chi connectivity index (χ4v) is 3.72. The molecule has 144 valence electrons. The van der Waals surface area contributed by atoms with Crippen molar-refractivity contribution >= 4 is 22.4 Å². The van der Waals surface area contributed by atoms with E-state index in [1.54, 1.807) is 0 Å². The first-order valence-corrected chi connectivity index (χ1v) is 9.98. The number of anilines is 1. The molecule has 0 saturated carbocycles. The molecule has 1 aliphatic heterocycles. The van der Waals surface area contributed by atoms with Crippen molar-refractivity contribution in [2.24, 2.45) is 0 Å². The third-order valence-electron chi connectivity index (χ3n) is 5.33. The van der Waals surface area contributed by atoms with Gasteiger partial charge in [-0.05, 0) is 41.5 Å². The molecule has 0 amide bonds. The van der Waals surface area contributed by atoms with Crippen LogP contribution in [-0.4, -0.2) is 50.2 Å². The summed E-state index contributed by atoms with van der Waals surface area (Å²) >= 11 is 0. The normalized spacial score (nSPS) is 14.9. The smallest absolute Gasteiger partial charge is 0.338 e. The molecule has 0 unspecified atom stereocenters. The summed E-state index contributed by atoms with van der Waals surface area (Å²) in [6, 6.07) is 24.3. The van der Waals surface area contributed by atoms with Crippen LogP contribution in [0.2, 0.25) is 0 Å². The molecule has 4 heteroatoms. The molecule has 1 heterocycles. The number of carbonyl (C=O) groups is 1. The molecule has 0 aromatic heterocycles. The minimum Gasteiger partial charge on any atom is -0.462 e. The maximum absolute atomic E-state index is 12.3. The van der Waals surface area contributed by atoms with Gasteiger partial charge in [-0.1, -0.05) is 48.5 Å². The van der Waals surface area contributed by atoms with E-state index in [1.165, 1.54) is 5.69 Å². The van der Waals surface area contributed by atoms with Gasteiger partial charge in [0, 0.05) is 38.4 Å². The number of hydrogen-bond donors (Lipinski definition) is 0. The summed E-state index contributed by atoms with van der Waals surface area (Å²) in [6.45, 7) is 5.61. The van der Waals surface area contributed by atoms with E-state index < -0.39 is 0 Å². The first-order chi connectivity index (χ1) is 13.8. The van der Waals surface area contributed by atoms with Crippen molar-refractivity contribution in [3.05, 3.63) is 78.4 Å². The topological polar surface area (TPSA) is 32.8 Å². The molecule has 0 N–H and O–H groups in total.